The number of methoxy groups -OCH3 is 1. The molecule has 0 N–H and O–H groups in total. The third-order valence-corrected chi connectivity index (χ3v) is 3.95. The fraction of sp³-hybridized carbons (Fsp3) is 0.300. The van der Waals surface area contributed by atoms with Gasteiger partial charge in [0.25, 0.3) is 0 Å². The number of amides is 1. The third kappa shape index (κ3) is 4.22. The molecule has 0 fully saturated rings. The van der Waals surface area contributed by atoms with Gasteiger partial charge in [-0.05, 0) is 25.0 Å². The molecule has 0 bridgehead atoms. The molecule has 2 aromatic carbocycles. The summed E-state index contributed by atoms with van der Waals surface area (Å²) in [6, 6.07) is 19.1. The zero-order chi connectivity index (χ0) is 17.5. The lowest BCUT2D eigenvalue weighted by Crippen LogP contribution is -2.43. The number of hydrogen-bond acceptors (Lipinski definition) is 3. The van der Waals surface area contributed by atoms with Crippen LogP contribution < -0.4 is 0 Å². The summed E-state index contributed by atoms with van der Waals surface area (Å²) < 4.78 is 4.74. The molecular formula is C20H23NO3. The Kier molecular flexibility index (Phi) is 6.13. The summed E-state index contributed by atoms with van der Waals surface area (Å²) >= 11 is 0. The molecule has 0 heterocycles. The fourth-order valence-electron chi connectivity index (χ4n) is 2.65. The van der Waals surface area contributed by atoms with Crippen molar-refractivity contribution in [2.24, 2.45) is 0 Å². The van der Waals surface area contributed by atoms with Crippen LogP contribution in [0.25, 0.3) is 0 Å². The topological polar surface area (TPSA) is 46.6 Å². The lowest BCUT2D eigenvalue weighted by Gasteiger charge is -2.30. The quantitative estimate of drug-likeness (QED) is 0.766. The molecule has 24 heavy (non-hydrogen) atoms. The van der Waals surface area contributed by atoms with E-state index in [1.54, 1.807) is 4.90 Å². The minimum Gasteiger partial charge on any atom is -0.468 e. The van der Waals surface area contributed by atoms with E-state index in [2.05, 4.69) is 0 Å². The highest BCUT2D eigenvalue weighted by atomic mass is 16.5. The molecule has 2 aromatic rings. The van der Waals surface area contributed by atoms with E-state index >= 15 is 0 Å². The summed E-state index contributed by atoms with van der Waals surface area (Å²) in [6.45, 7) is 3.74. The van der Waals surface area contributed by atoms with Crippen LogP contribution in [0.3, 0.4) is 0 Å². The van der Waals surface area contributed by atoms with Gasteiger partial charge in [-0.2, -0.15) is 0 Å². The summed E-state index contributed by atoms with van der Waals surface area (Å²) in [6.07, 6.45) is 0. The number of benzene rings is 2. The van der Waals surface area contributed by atoms with E-state index in [4.69, 9.17) is 4.74 Å². The number of carbonyl (C=O) groups excluding carboxylic acids is 2. The van der Waals surface area contributed by atoms with Crippen LogP contribution in [0.5, 0.6) is 0 Å². The van der Waals surface area contributed by atoms with Gasteiger partial charge in [0.05, 0.1) is 13.0 Å². The van der Waals surface area contributed by atoms with Crippen molar-refractivity contribution in [1.82, 2.24) is 4.90 Å². The van der Waals surface area contributed by atoms with Gasteiger partial charge in [0, 0.05) is 6.04 Å². The normalized spacial score (nSPS) is 10.7. The number of nitrogens with zero attached hydrogens (tertiary/aromatic N) is 1. The minimum absolute atomic E-state index is 0.0524. The molecule has 0 aromatic heterocycles. The second-order valence-electron chi connectivity index (χ2n) is 5.89. The van der Waals surface area contributed by atoms with Gasteiger partial charge < -0.3 is 9.64 Å². The molecule has 0 aliphatic heterocycles. The van der Waals surface area contributed by atoms with Crippen molar-refractivity contribution in [3.05, 3.63) is 71.8 Å². The first-order valence-corrected chi connectivity index (χ1v) is 8.01. The van der Waals surface area contributed by atoms with Crippen molar-refractivity contribution in [2.45, 2.75) is 25.8 Å². The zero-order valence-electron chi connectivity index (χ0n) is 14.3. The van der Waals surface area contributed by atoms with Crippen LogP contribution in [-0.2, 0) is 14.3 Å². The molecular weight excluding hydrogens is 302 g/mol. The molecule has 0 radical (unpaired) electrons. The number of carbonyl (C=O) groups is 2. The summed E-state index contributed by atoms with van der Waals surface area (Å²) in [5.74, 6) is -0.968. The molecule has 0 unspecified atom stereocenters. The second kappa shape index (κ2) is 8.29. The van der Waals surface area contributed by atoms with Crippen molar-refractivity contribution in [2.75, 3.05) is 13.7 Å². The maximum Gasteiger partial charge on any atom is 0.325 e. The van der Waals surface area contributed by atoms with Crippen molar-refractivity contribution in [3.8, 4) is 0 Å². The Labute approximate surface area is 143 Å². The highest BCUT2D eigenvalue weighted by Gasteiger charge is 2.30. The molecule has 126 valence electrons. The minimum atomic E-state index is -0.445. The van der Waals surface area contributed by atoms with Gasteiger partial charge in [-0.25, -0.2) is 0 Å². The predicted molar refractivity (Wildman–Crippen MR) is 93.6 cm³/mol. The molecule has 0 saturated heterocycles. The van der Waals surface area contributed by atoms with Crippen LogP contribution >= 0.6 is 0 Å². The lowest BCUT2D eigenvalue weighted by molar-refractivity contribution is -0.148. The van der Waals surface area contributed by atoms with E-state index in [1.807, 2.05) is 74.5 Å². The summed E-state index contributed by atoms with van der Waals surface area (Å²) in [5.41, 5.74) is 1.81. The molecule has 4 heteroatoms. The Morgan fingerprint density at radius 2 is 1.38 bits per heavy atom. The van der Waals surface area contributed by atoms with Gasteiger partial charge in [0.2, 0.25) is 5.91 Å². The van der Waals surface area contributed by atoms with Crippen LogP contribution in [0.2, 0.25) is 0 Å². The monoisotopic (exact) mass is 325 g/mol. The molecule has 4 nitrogen and oxygen atoms in total. The highest BCUT2D eigenvalue weighted by molar-refractivity contribution is 5.90. The van der Waals surface area contributed by atoms with Crippen LogP contribution in [0.4, 0.5) is 0 Å². The largest absolute Gasteiger partial charge is 0.468 e. The maximum atomic E-state index is 13.3. The van der Waals surface area contributed by atoms with Gasteiger partial charge in [0.15, 0.2) is 0 Å². The lowest BCUT2D eigenvalue weighted by atomic mass is 9.89. The van der Waals surface area contributed by atoms with Crippen LogP contribution in [0, 0.1) is 0 Å². The molecule has 0 aliphatic carbocycles. The maximum absolute atomic E-state index is 13.3. The Hall–Kier alpha value is -2.62. The molecule has 0 aliphatic rings. The molecule has 1 amide bonds. The van der Waals surface area contributed by atoms with E-state index < -0.39 is 11.9 Å². The summed E-state index contributed by atoms with van der Waals surface area (Å²) in [4.78, 5) is 26.5. The van der Waals surface area contributed by atoms with E-state index in [0.29, 0.717) is 0 Å². The van der Waals surface area contributed by atoms with Gasteiger partial charge in [-0.3, -0.25) is 9.59 Å². The Morgan fingerprint density at radius 3 is 1.75 bits per heavy atom. The number of ether oxygens (including phenoxy) is 1. The van der Waals surface area contributed by atoms with Crippen molar-refractivity contribution < 1.29 is 14.3 Å². The van der Waals surface area contributed by atoms with E-state index in [0.717, 1.165) is 11.1 Å². The van der Waals surface area contributed by atoms with Crippen LogP contribution in [0.1, 0.15) is 30.9 Å². The highest BCUT2D eigenvalue weighted by Crippen LogP contribution is 2.27. The Bertz CT molecular complexity index is 628. The first kappa shape index (κ1) is 17.7. The summed E-state index contributed by atoms with van der Waals surface area (Å²) in [5, 5.41) is 0. The van der Waals surface area contributed by atoms with Gasteiger partial charge in [-0.15, -0.1) is 0 Å². The molecule has 0 saturated carbocycles. The second-order valence-corrected chi connectivity index (χ2v) is 5.89. The van der Waals surface area contributed by atoms with Gasteiger partial charge in [0.1, 0.15) is 6.54 Å². The molecule has 0 atom stereocenters. The smallest absolute Gasteiger partial charge is 0.325 e. The Balaban J connectivity index is 2.42. The Morgan fingerprint density at radius 1 is 0.917 bits per heavy atom. The van der Waals surface area contributed by atoms with E-state index in [-0.39, 0.29) is 18.5 Å². The fourth-order valence-corrected chi connectivity index (χ4v) is 2.65. The number of rotatable bonds is 6. The predicted octanol–water partition coefficient (Wildman–Crippen LogP) is 3.23. The first-order valence-electron chi connectivity index (χ1n) is 8.01. The van der Waals surface area contributed by atoms with E-state index in [9.17, 15) is 9.59 Å². The summed E-state index contributed by atoms with van der Waals surface area (Å²) in [7, 11) is 1.33. The molecule has 0 spiro atoms. The third-order valence-electron chi connectivity index (χ3n) is 3.95. The zero-order valence-corrected chi connectivity index (χ0v) is 14.3. The van der Waals surface area contributed by atoms with Gasteiger partial charge in [-0.1, -0.05) is 60.7 Å². The van der Waals surface area contributed by atoms with Crippen molar-refractivity contribution in [1.29, 1.82) is 0 Å². The average Bonchev–Trinajstić information content (AvgIpc) is 2.61. The standard InChI is InChI=1S/C20H23NO3/c1-15(2)21(14-18(22)24-3)20(23)19(16-10-6-4-7-11-16)17-12-8-5-9-13-17/h4-13,15,19H,14H2,1-3H3. The molecule has 2 rings (SSSR count). The van der Waals surface area contributed by atoms with Crippen molar-refractivity contribution >= 4 is 11.9 Å². The number of esters is 1. The first-order chi connectivity index (χ1) is 11.5. The number of hydrogen-bond donors (Lipinski definition) is 0. The average molecular weight is 325 g/mol. The van der Waals surface area contributed by atoms with Gasteiger partial charge >= 0.3 is 5.97 Å². The SMILES string of the molecule is COC(=O)CN(C(=O)C(c1ccccc1)c1ccccc1)C(C)C. The van der Waals surface area contributed by atoms with E-state index in [1.165, 1.54) is 7.11 Å². The van der Waals surface area contributed by atoms with Crippen LogP contribution in [-0.4, -0.2) is 36.5 Å². The van der Waals surface area contributed by atoms with Crippen molar-refractivity contribution in [3.63, 3.8) is 0 Å². The van der Waals surface area contributed by atoms with Crippen LogP contribution in [0.15, 0.2) is 60.7 Å².